The van der Waals surface area contributed by atoms with Crippen LogP contribution >= 0.6 is 15.6 Å². The third kappa shape index (κ3) is 9.88. The Morgan fingerprint density at radius 1 is 0.941 bits per heavy atom. The molecule has 0 aliphatic rings. The predicted octanol–water partition coefficient (Wildman–Crippen LogP) is 2.03. The third-order valence-corrected chi connectivity index (χ3v) is 3.43. The van der Waals surface area contributed by atoms with Crippen LogP contribution in [0.25, 0.3) is 0 Å². The fourth-order valence-electron chi connectivity index (χ4n) is 0.719. The van der Waals surface area contributed by atoms with Crippen molar-refractivity contribution in [3.8, 4) is 0 Å². The van der Waals surface area contributed by atoms with Crippen LogP contribution in [0.15, 0.2) is 0 Å². The van der Waals surface area contributed by atoms with Crippen LogP contribution in [-0.2, 0) is 27.2 Å². The molecule has 0 aromatic rings. The van der Waals surface area contributed by atoms with Crippen molar-refractivity contribution in [2.45, 2.75) is 26.7 Å². The maximum Gasteiger partial charge on any atom is 0.474 e. The van der Waals surface area contributed by atoms with Crippen LogP contribution < -0.4 is 0 Å². The lowest BCUT2D eigenvalue weighted by atomic mass is 10.4. The fraction of sp³-hybridized carbons (Fsp3) is 1.00. The largest absolute Gasteiger partial charge is 0.474 e. The molecular formula is C7H18O8P2. The van der Waals surface area contributed by atoms with Gasteiger partial charge in [-0.1, -0.05) is 13.3 Å². The lowest BCUT2D eigenvalue weighted by molar-refractivity contribution is 0.0387. The molecule has 0 aliphatic carbocycles. The van der Waals surface area contributed by atoms with Gasteiger partial charge in [-0.05, 0) is 13.3 Å². The second-order valence-electron chi connectivity index (χ2n) is 2.92. The molecule has 17 heavy (non-hydrogen) atoms. The van der Waals surface area contributed by atoms with E-state index in [2.05, 4.69) is 18.1 Å². The highest BCUT2D eigenvalue weighted by molar-refractivity contribution is 7.48. The van der Waals surface area contributed by atoms with Crippen molar-refractivity contribution in [1.82, 2.24) is 0 Å². The number of hydrogen-bond acceptors (Lipinski definition) is 6. The Morgan fingerprint density at radius 3 is 1.94 bits per heavy atom. The average molecular weight is 292 g/mol. The molecule has 0 aromatic carbocycles. The lowest BCUT2D eigenvalue weighted by Crippen LogP contribution is -2.02. The highest BCUT2D eigenvalue weighted by Gasteiger charge is 2.25. The van der Waals surface area contributed by atoms with E-state index >= 15 is 0 Å². The first-order chi connectivity index (χ1) is 7.83. The SMILES string of the molecule is CCCCOP(=O)(O)OCOP(=O)(O)OCC. The van der Waals surface area contributed by atoms with Gasteiger partial charge >= 0.3 is 15.6 Å². The second-order valence-corrected chi connectivity index (χ2v) is 5.82. The molecule has 8 nitrogen and oxygen atoms in total. The van der Waals surface area contributed by atoms with Gasteiger partial charge in [0.2, 0.25) is 0 Å². The first-order valence-corrected chi connectivity index (χ1v) is 8.06. The minimum absolute atomic E-state index is 0.0302. The summed E-state index contributed by atoms with van der Waals surface area (Å²) < 4.78 is 39.6. The molecule has 10 heteroatoms. The molecule has 0 aliphatic heterocycles. The summed E-state index contributed by atoms with van der Waals surface area (Å²) in [6.45, 7) is 2.55. The molecule has 0 bridgehead atoms. The number of unbranched alkanes of at least 4 members (excludes halogenated alkanes) is 1. The zero-order valence-electron chi connectivity index (χ0n) is 9.77. The van der Waals surface area contributed by atoms with Crippen LogP contribution in [0.3, 0.4) is 0 Å². The molecule has 0 spiro atoms. The first kappa shape index (κ1) is 17.2. The Labute approximate surface area is 100 Å². The second kappa shape index (κ2) is 8.34. The molecule has 2 N–H and O–H groups in total. The van der Waals surface area contributed by atoms with Crippen LogP contribution in [-0.4, -0.2) is 29.8 Å². The zero-order valence-corrected chi connectivity index (χ0v) is 11.6. The molecule has 0 amide bonds. The van der Waals surface area contributed by atoms with Crippen LogP contribution in [0, 0.1) is 0 Å². The van der Waals surface area contributed by atoms with Gasteiger partial charge in [-0.25, -0.2) is 9.13 Å². The molecule has 0 rings (SSSR count). The van der Waals surface area contributed by atoms with Crippen LogP contribution in [0.1, 0.15) is 26.7 Å². The van der Waals surface area contributed by atoms with Crippen molar-refractivity contribution < 1.29 is 37.0 Å². The van der Waals surface area contributed by atoms with E-state index < -0.39 is 22.4 Å². The molecule has 104 valence electrons. The van der Waals surface area contributed by atoms with E-state index in [4.69, 9.17) is 9.79 Å². The van der Waals surface area contributed by atoms with E-state index in [1.165, 1.54) is 6.92 Å². The van der Waals surface area contributed by atoms with Gasteiger partial charge in [0.15, 0.2) is 6.79 Å². The molecule has 2 atom stereocenters. The fourth-order valence-corrected chi connectivity index (χ4v) is 2.01. The zero-order chi connectivity index (χ0) is 13.4. The summed E-state index contributed by atoms with van der Waals surface area (Å²) in [5.74, 6) is 0. The van der Waals surface area contributed by atoms with Gasteiger partial charge in [0.1, 0.15) is 0 Å². The topological polar surface area (TPSA) is 112 Å². The summed E-state index contributed by atoms with van der Waals surface area (Å²) in [6, 6.07) is 0. The van der Waals surface area contributed by atoms with Gasteiger partial charge in [-0.2, -0.15) is 0 Å². The summed E-state index contributed by atoms with van der Waals surface area (Å²) in [4.78, 5) is 18.0. The van der Waals surface area contributed by atoms with Gasteiger partial charge in [0.25, 0.3) is 0 Å². The van der Waals surface area contributed by atoms with Gasteiger partial charge in [0, 0.05) is 0 Å². The summed E-state index contributed by atoms with van der Waals surface area (Å²) >= 11 is 0. The minimum Gasteiger partial charge on any atom is -0.302 e. The Morgan fingerprint density at radius 2 is 1.47 bits per heavy atom. The molecule has 0 saturated heterocycles. The van der Waals surface area contributed by atoms with E-state index in [0.717, 1.165) is 6.42 Å². The van der Waals surface area contributed by atoms with Crippen molar-refractivity contribution >= 4 is 15.6 Å². The normalized spacial score (nSPS) is 18.6. The van der Waals surface area contributed by atoms with Gasteiger partial charge in [-0.15, -0.1) is 0 Å². The highest BCUT2D eigenvalue weighted by atomic mass is 31.2. The molecule has 2 unspecified atom stereocenters. The van der Waals surface area contributed by atoms with Gasteiger partial charge < -0.3 is 9.79 Å². The summed E-state index contributed by atoms with van der Waals surface area (Å²) in [5.41, 5.74) is 0. The maximum atomic E-state index is 11.2. The van der Waals surface area contributed by atoms with E-state index in [1.807, 2.05) is 6.92 Å². The van der Waals surface area contributed by atoms with Crippen molar-refractivity contribution in [2.75, 3.05) is 20.0 Å². The quantitative estimate of drug-likeness (QED) is 0.357. The van der Waals surface area contributed by atoms with Crippen molar-refractivity contribution in [3.05, 3.63) is 0 Å². The molecule has 0 radical (unpaired) electrons. The number of phosphoric ester groups is 2. The standard InChI is InChI=1S/C7H18O8P2/c1-3-5-6-13-17(10,11)15-7-14-16(8,9)12-4-2/h3-7H2,1-2H3,(H,8,9)(H,10,11). The molecular weight excluding hydrogens is 274 g/mol. The van der Waals surface area contributed by atoms with E-state index in [-0.39, 0.29) is 13.2 Å². The molecule has 0 aromatic heterocycles. The predicted molar refractivity (Wildman–Crippen MR) is 59.2 cm³/mol. The van der Waals surface area contributed by atoms with Crippen LogP contribution in [0.5, 0.6) is 0 Å². The summed E-state index contributed by atoms with van der Waals surface area (Å²) in [5, 5.41) is 0. The van der Waals surface area contributed by atoms with E-state index in [0.29, 0.717) is 6.42 Å². The number of rotatable bonds is 10. The molecule has 0 saturated carbocycles. The molecule has 0 fully saturated rings. The maximum absolute atomic E-state index is 11.2. The monoisotopic (exact) mass is 292 g/mol. The Bertz CT molecular complexity index is 294. The number of phosphoric acid groups is 2. The Kier molecular flexibility index (Phi) is 8.45. The summed E-state index contributed by atoms with van der Waals surface area (Å²) in [6.07, 6.45) is 1.40. The van der Waals surface area contributed by atoms with Gasteiger partial charge in [-0.3, -0.25) is 18.1 Å². The first-order valence-electron chi connectivity index (χ1n) is 5.06. The smallest absolute Gasteiger partial charge is 0.302 e. The Hall–Kier alpha value is 0.220. The molecule has 0 heterocycles. The minimum atomic E-state index is -4.24. The third-order valence-electron chi connectivity index (χ3n) is 1.48. The number of hydrogen-bond donors (Lipinski definition) is 2. The van der Waals surface area contributed by atoms with E-state index in [9.17, 15) is 9.13 Å². The van der Waals surface area contributed by atoms with E-state index in [1.54, 1.807) is 0 Å². The average Bonchev–Trinajstić information content (AvgIpc) is 2.16. The van der Waals surface area contributed by atoms with Crippen molar-refractivity contribution in [2.24, 2.45) is 0 Å². The Balaban J connectivity index is 3.86. The summed E-state index contributed by atoms with van der Waals surface area (Å²) in [7, 11) is -8.46. The van der Waals surface area contributed by atoms with Crippen LogP contribution in [0.4, 0.5) is 0 Å². The lowest BCUT2D eigenvalue weighted by Gasteiger charge is -2.14. The van der Waals surface area contributed by atoms with Crippen LogP contribution in [0.2, 0.25) is 0 Å². The van der Waals surface area contributed by atoms with Crippen molar-refractivity contribution in [3.63, 3.8) is 0 Å². The van der Waals surface area contributed by atoms with Crippen molar-refractivity contribution in [1.29, 1.82) is 0 Å². The van der Waals surface area contributed by atoms with Gasteiger partial charge in [0.05, 0.1) is 13.2 Å². The highest BCUT2D eigenvalue weighted by Crippen LogP contribution is 2.47.